The van der Waals surface area contributed by atoms with E-state index in [9.17, 15) is 14.4 Å². The van der Waals surface area contributed by atoms with E-state index in [0.29, 0.717) is 40.6 Å². The number of ketones is 1. The molecule has 0 aliphatic carbocycles. The van der Waals surface area contributed by atoms with Crippen LogP contribution in [-0.4, -0.2) is 31.7 Å². The number of hydrogen-bond donors (Lipinski definition) is 2. The molecule has 27 heavy (non-hydrogen) atoms. The molecule has 8 nitrogen and oxygen atoms in total. The third kappa shape index (κ3) is 4.95. The second-order valence-electron chi connectivity index (χ2n) is 5.69. The third-order valence-corrected chi connectivity index (χ3v) is 4.86. The van der Waals surface area contributed by atoms with E-state index >= 15 is 0 Å². The number of aryl methyl sites for hydroxylation is 2. The number of rotatable bonds is 7. The first-order valence-electron chi connectivity index (χ1n) is 7.98. The highest BCUT2D eigenvalue weighted by molar-refractivity contribution is 7.99. The Morgan fingerprint density at radius 3 is 2.59 bits per heavy atom. The number of nitrogens with one attached hydrogen (secondary N) is 2. The highest BCUT2D eigenvalue weighted by Gasteiger charge is 2.13. The molecule has 2 aromatic heterocycles. The van der Waals surface area contributed by atoms with Gasteiger partial charge in [-0.3, -0.25) is 14.6 Å². The summed E-state index contributed by atoms with van der Waals surface area (Å²) in [4.78, 5) is 39.9. The second-order valence-corrected chi connectivity index (χ2v) is 7.06. The lowest BCUT2D eigenvalue weighted by Gasteiger charge is -2.01. The van der Waals surface area contributed by atoms with Crippen molar-refractivity contribution in [2.24, 2.45) is 0 Å². The quantitative estimate of drug-likeness (QED) is 0.455. The number of aromatic amines is 2. The molecule has 2 heterocycles. The van der Waals surface area contributed by atoms with E-state index in [1.807, 2.05) is 0 Å². The van der Waals surface area contributed by atoms with Crippen molar-refractivity contribution in [1.29, 1.82) is 0 Å². The Morgan fingerprint density at radius 1 is 1.15 bits per heavy atom. The largest absolute Gasteiger partial charge is 0.416 e. The van der Waals surface area contributed by atoms with Crippen LogP contribution in [0, 0.1) is 6.92 Å². The van der Waals surface area contributed by atoms with Gasteiger partial charge in [0.25, 0.3) is 10.8 Å². The minimum Gasteiger partial charge on any atom is -0.416 e. The minimum absolute atomic E-state index is 0.0770. The Hall–Kier alpha value is -2.65. The van der Waals surface area contributed by atoms with Gasteiger partial charge in [-0.1, -0.05) is 23.4 Å². The zero-order chi connectivity index (χ0) is 19.4. The maximum atomic E-state index is 12.1. The summed E-state index contributed by atoms with van der Waals surface area (Å²) in [6.45, 7) is 1.66. The monoisotopic (exact) mass is 406 g/mol. The zero-order valence-corrected chi connectivity index (χ0v) is 15.8. The molecule has 0 saturated carbocycles. The maximum absolute atomic E-state index is 12.1. The van der Waals surface area contributed by atoms with E-state index in [-0.39, 0.29) is 16.8 Å². The van der Waals surface area contributed by atoms with Gasteiger partial charge in [-0.15, -0.1) is 10.2 Å². The summed E-state index contributed by atoms with van der Waals surface area (Å²) in [6.07, 6.45) is 0.683. The maximum Gasteiger partial charge on any atom is 0.325 e. The average molecular weight is 407 g/mol. The van der Waals surface area contributed by atoms with Gasteiger partial charge in [0.15, 0.2) is 5.78 Å². The summed E-state index contributed by atoms with van der Waals surface area (Å²) in [6, 6.07) is 6.64. The summed E-state index contributed by atoms with van der Waals surface area (Å²) in [5, 5.41) is 8.66. The molecule has 2 N–H and O–H groups in total. The average Bonchev–Trinajstić information content (AvgIpc) is 3.07. The molecule has 0 atom stereocenters. The van der Waals surface area contributed by atoms with Crippen LogP contribution in [-0.2, 0) is 12.8 Å². The predicted octanol–water partition coefficient (Wildman–Crippen LogP) is 2.17. The first-order chi connectivity index (χ1) is 12.9. The Balaban J connectivity index is 1.57. The van der Waals surface area contributed by atoms with Crippen LogP contribution in [0.1, 0.15) is 27.5 Å². The van der Waals surface area contributed by atoms with Crippen molar-refractivity contribution in [3.05, 3.63) is 72.8 Å². The molecular formula is C17H15ClN4O4S. The molecule has 0 bridgehead atoms. The van der Waals surface area contributed by atoms with Gasteiger partial charge in [0.05, 0.1) is 5.75 Å². The normalized spacial score (nSPS) is 10.9. The SMILES string of the molecule is Cc1[nH]c(=O)[nH]c(=O)c1CCc1nnc(SCC(=O)c2ccc(Cl)cc2)o1. The molecule has 0 aliphatic heterocycles. The summed E-state index contributed by atoms with van der Waals surface area (Å²) < 4.78 is 5.50. The molecule has 0 saturated heterocycles. The zero-order valence-electron chi connectivity index (χ0n) is 14.2. The van der Waals surface area contributed by atoms with E-state index < -0.39 is 11.2 Å². The van der Waals surface area contributed by atoms with Gasteiger partial charge in [0.1, 0.15) is 0 Å². The van der Waals surface area contributed by atoms with E-state index in [0.717, 1.165) is 11.8 Å². The van der Waals surface area contributed by atoms with Crippen molar-refractivity contribution < 1.29 is 9.21 Å². The molecule has 0 aliphatic rings. The molecule has 1 aromatic carbocycles. The van der Waals surface area contributed by atoms with E-state index in [4.69, 9.17) is 16.0 Å². The Kier molecular flexibility index (Phi) is 5.92. The first-order valence-corrected chi connectivity index (χ1v) is 9.35. The number of nitrogens with zero attached hydrogens (tertiary/aromatic N) is 2. The van der Waals surface area contributed by atoms with E-state index in [2.05, 4.69) is 20.2 Å². The summed E-state index contributed by atoms with van der Waals surface area (Å²) >= 11 is 6.94. The Bertz CT molecular complexity index is 1070. The van der Waals surface area contributed by atoms with Crippen LogP contribution in [0.15, 0.2) is 43.5 Å². The smallest absolute Gasteiger partial charge is 0.325 e. The van der Waals surface area contributed by atoms with Crippen LogP contribution >= 0.6 is 23.4 Å². The van der Waals surface area contributed by atoms with Gasteiger partial charge >= 0.3 is 5.69 Å². The van der Waals surface area contributed by atoms with Crippen molar-refractivity contribution in [2.75, 3.05) is 5.75 Å². The van der Waals surface area contributed by atoms with Crippen molar-refractivity contribution in [3.63, 3.8) is 0 Å². The number of benzene rings is 1. The lowest BCUT2D eigenvalue weighted by molar-refractivity contribution is 0.102. The molecule has 0 amide bonds. The second kappa shape index (κ2) is 8.36. The fraction of sp³-hybridized carbons (Fsp3) is 0.235. The number of carbonyl (C=O) groups is 1. The predicted molar refractivity (Wildman–Crippen MR) is 101 cm³/mol. The standard InChI is InChI=1S/C17H15ClN4O4S/c1-9-12(15(24)20-16(25)19-9)6-7-14-21-22-17(26-14)27-8-13(23)10-2-4-11(18)5-3-10/h2-5H,6-8H2,1H3,(H2,19,20,24,25). The molecular weight excluding hydrogens is 392 g/mol. The highest BCUT2D eigenvalue weighted by Crippen LogP contribution is 2.19. The van der Waals surface area contributed by atoms with E-state index in [1.165, 1.54) is 0 Å². The van der Waals surface area contributed by atoms with Crippen molar-refractivity contribution in [3.8, 4) is 0 Å². The van der Waals surface area contributed by atoms with Gasteiger partial charge in [-0.05, 0) is 37.6 Å². The fourth-order valence-corrected chi connectivity index (χ4v) is 3.20. The lowest BCUT2D eigenvalue weighted by atomic mass is 10.1. The van der Waals surface area contributed by atoms with Gasteiger partial charge in [-0.25, -0.2) is 4.79 Å². The number of thioether (sulfide) groups is 1. The number of aromatic nitrogens is 4. The Labute approximate surface area is 162 Å². The van der Waals surface area contributed by atoms with Gasteiger partial charge in [0, 0.05) is 28.3 Å². The van der Waals surface area contributed by atoms with Crippen LogP contribution in [0.5, 0.6) is 0 Å². The van der Waals surface area contributed by atoms with Crippen molar-refractivity contribution in [2.45, 2.75) is 25.0 Å². The minimum atomic E-state index is -0.539. The molecule has 3 aromatic rings. The summed E-state index contributed by atoms with van der Waals surface area (Å²) in [5.41, 5.74) is 0.549. The van der Waals surface area contributed by atoms with Crippen LogP contribution in [0.2, 0.25) is 5.02 Å². The molecule has 0 spiro atoms. The topological polar surface area (TPSA) is 122 Å². The molecule has 10 heteroatoms. The van der Waals surface area contributed by atoms with Crippen LogP contribution in [0.25, 0.3) is 0 Å². The number of Topliss-reactive ketones (excluding diaryl/α,β-unsaturated/α-hetero) is 1. The number of H-pyrrole nitrogens is 2. The van der Waals surface area contributed by atoms with Gasteiger partial charge in [-0.2, -0.15) is 0 Å². The van der Waals surface area contributed by atoms with Crippen LogP contribution < -0.4 is 11.2 Å². The third-order valence-electron chi connectivity index (χ3n) is 3.78. The van der Waals surface area contributed by atoms with Gasteiger partial charge < -0.3 is 9.40 Å². The van der Waals surface area contributed by atoms with Crippen LogP contribution in [0.4, 0.5) is 0 Å². The molecule has 3 rings (SSSR count). The molecule has 0 unspecified atom stereocenters. The molecule has 0 radical (unpaired) electrons. The summed E-state index contributed by atoms with van der Waals surface area (Å²) in [7, 11) is 0. The number of hydrogen-bond acceptors (Lipinski definition) is 7. The molecule has 140 valence electrons. The summed E-state index contributed by atoms with van der Waals surface area (Å²) in [5.74, 6) is 0.426. The van der Waals surface area contributed by atoms with Crippen LogP contribution in [0.3, 0.4) is 0 Å². The highest BCUT2D eigenvalue weighted by atomic mass is 35.5. The molecule has 0 fully saturated rings. The fourth-order valence-electron chi connectivity index (χ4n) is 2.40. The van der Waals surface area contributed by atoms with Crippen molar-refractivity contribution >= 4 is 29.1 Å². The Morgan fingerprint density at radius 2 is 1.89 bits per heavy atom. The number of carbonyl (C=O) groups excluding carboxylic acids is 1. The van der Waals surface area contributed by atoms with Crippen molar-refractivity contribution in [1.82, 2.24) is 20.2 Å². The first kappa shape index (κ1) is 19.1. The van der Waals surface area contributed by atoms with E-state index in [1.54, 1.807) is 31.2 Å². The lowest BCUT2D eigenvalue weighted by Crippen LogP contribution is -2.27. The number of halogens is 1. The van der Waals surface area contributed by atoms with Gasteiger partial charge in [0.2, 0.25) is 5.89 Å².